The van der Waals surface area contributed by atoms with Crippen LogP contribution in [0.5, 0.6) is 17.2 Å². The molecule has 30 heavy (non-hydrogen) atoms. The van der Waals surface area contributed by atoms with E-state index in [4.69, 9.17) is 18.9 Å². The van der Waals surface area contributed by atoms with Gasteiger partial charge in [-0.3, -0.25) is 0 Å². The number of hydrogen-bond donors (Lipinski definition) is 0. The Morgan fingerprint density at radius 2 is 1.77 bits per heavy atom. The number of ether oxygens (including phenoxy) is 4. The van der Waals surface area contributed by atoms with E-state index in [-0.39, 0.29) is 11.6 Å². The second kappa shape index (κ2) is 10.5. The maximum absolute atomic E-state index is 12.2. The topological polar surface area (TPSA) is 66.3 Å². The molecule has 3 rings (SSSR count). The second-order valence-corrected chi connectivity index (χ2v) is 6.88. The first-order valence-corrected chi connectivity index (χ1v) is 10.1. The number of unbranched alkanes of at least 4 members (excludes halogenated alkanes) is 3. The molecule has 0 radical (unpaired) electrons. The van der Waals surface area contributed by atoms with E-state index in [1.807, 2.05) is 18.2 Å². The Balaban J connectivity index is 1.73. The van der Waals surface area contributed by atoms with Gasteiger partial charge in [0.25, 0.3) is 0 Å². The summed E-state index contributed by atoms with van der Waals surface area (Å²) < 4.78 is 21.8. The quantitative estimate of drug-likeness (QED) is 0.314. The van der Waals surface area contributed by atoms with E-state index >= 15 is 0 Å². The highest BCUT2D eigenvalue weighted by molar-refractivity contribution is 6.12. The Hall–Kier alpha value is -3.28. The Labute approximate surface area is 177 Å². The summed E-state index contributed by atoms with van der Waals surface area (Å²) in [7, 11) is 3.19. The van der Waals surface area contributed by atoms with Crippen LogP contribution >= 0.6 is 0 Å². The first-order chi connectivity index (χ1) is 14.6. The lowest BCUT2D eigenvalue weighted by atomic mass is 10.1. The average molecular weight is 409 g/mol. The molecule has 0 amide bonds. The molecule has 0 unspecified atom stereocenters. The molecule has 1 heterocycles. The molecule has 2 aromatic rings. The smallest absolute Gasteiger partial charge is 0.363 e. The minimum absolute atomic E-state index is 0.233. The molecule has 0 aliphatic carbocycles. The van der Waals surface area contributed by atoms with Crippen LogP contribution in [0.2, 0.25) is 0 Å². The largest absolute Gasteiger partial charge is 0.497 e. The molecular weight excluding hydrogens is 382 g/mol. The molecule has 0 fully saturated rings. The second-order valence-electron chi connectivity index (χ2n) is 6.88. The zero-order chi connectivity index (χ0) is 21.3. The number of carbonyl (C=O) groups excluding carboxylic acids is 1. The molecule has 1 aliphatic rings. The van der Waals surface area contributed by atoms with Crippen molar-refractivity contribution in [1.82, 2.24) is 0 Å². The lowest BCUT2D eigenvalue weighted by molar-refractivity contribution is -0.129. The van der Waals surface area contributed by atoms with Gasteiger partial charge in [0.05, 0.1) is 20.8 Å². The van der Waals surface area contributed by atoms with E-state index in [1.165, 1.54) is 12.8 Å². The number of benzene rings is 2. The Morgan fingerprint density at radius 1 is 0.967 bits per heavy atom. The predicted molar refractivity (Wildman–Crippen MR) is 116 cm³/mol. The third kappa shape index (κ3) is 5.41. The summed E-state index contributed by atoms with van der Waals surface area (Å²) in [6.07, 6.45) is 6.24. The molecule has 0 saturated heterocycles. The molecule has 0 aromatic heterocycles. The highest BCUT2D eigenvalue weighted by Gasteiger charge is 2.24. The summed E-state index contributed by atoms with van der Waals surface area (Å²) in [5.41, 5.74) is 1.71. The van der Waals surface area contributed by atoms with E-state index in [1.54, 1.807) is 44.6 Å². The normalized spacial score (nSPS) is 14.4. The highest BCUT2D eigenvalue weighted by Crippen LogP contribution is 2.30. The van der Waals surface area contributed by atoms with Crippen LogP contribution < -0.4 is 14.2 Å². The van der Waals surface area contributed by atoms with Gasteiger partial charge >= 0.3 is 5.97 Å². The molecule has 0 bridgehead atoms. The molecule has 158 valence electrons. The molecule has 0 N–H and O–H groups in total. The van der Waals surface area contributed by atoms with Crippen molar-refractivity contribution in [2.75, 3.05) is 20.8 Å². The predicted octanol–water partition coefficient (Wildman–Crippen LogP) is 5.01. The van der Waals surface area contributed by atoms with Crippen LogP contribution in [-0.2, 0) is 9.53 Å². The summed E-state index contributed by atoms with van der Waals surface area (Å²) in [4.78, 5) is 16.6. The lowest BCUT2D eigenvalue weighted by Gasteiger charge is -2.11. The van der Waals surface area contributed by atoms with Crippen molar-refractivity contribution in [1.29, 1.82) is 0 Å². The Morgan fingerprint density at radius 3 is 2.47 bits per heavy atom. The Bertz CT molecular complexity index is 931. The number of esters is 1. The van der Waals surface area contributed by atoms with Crippen LogP contribution in [-0.4, -0.2) is 32.7 Å². The van der Waals surface area contributed by atoms with Gasteiger partial charge in [-0.05, 0) is 54.5 Å². The van der Waals surface area contributed by atoms with E-state index in [2.05, 4.69) is 11.9 Å². The molecule has 0 spiro atoms. The van der Waals surface area contributed by atoms with E-state index in [0.717, 1.165) is 24.2 Å². The molecule has 2 aromatic carbocycles. The first kappa shape index (κ1) is 21.4. The van der Waals surface area contributed by atoms with Crippen molar-refractivity contribution >= 4 is 17.9 Å². The fraction of sp³-hybridized carbons (Fsp3) is 0.333. The van der Waals surface area contributed by atoms with E-state index in [0.29, 0.717) is 23.7 Å². The van der Waals surface area contributed by atoms with Crippen molar-refractivity contribution in [3.05, 3.63) is 59.3 Å². The average Bonchev–Trinajstić information content (AvgIpc) is 3.14. The summed E-state index contributed by atoms with van der Waals surface area (Å²) in [6.45, 7) is 2.83. The van der Waals surface area contributed by atoms with Gasteiger partial charge in [-0.15, -0.1) is 0 Å². The highest BCUT2D eigenvalue weighted by atomic mass is 16.6. The van der Waals surface area contributed by atoms with Crippen LogP contribution in [0.15, 0.2) is 53.2 Å². The van der Waals surface area contributed by atoms with Crippen LogP contribution in [0.25, 0.3) is 6.08 Å². The Kier molecular flexibility index (Phi) is 7.49. The molecule has 0 saturated carbocycles. The van der Waals surface area contributed by atoms with E-state index in [9.17, 15) is 4.79 Å². The SMILES string of the molecule is CCCCCCOc1ccc(/C=C2/N=C(c3ccc(OC)cc3)OC2=O)cc1OC. The summed E-state index contributed by atoms with van der Waals surface area (Å²) in [5, 5.41) is 0. The number of rotatable bonds is 10. The lowest BCUT2D eigenvalue weighted by Crippen LogP contribution is -2.05. The van der Waals surface area contributed by atoms with Gasteiger partial charge in [-0.2, -0.15) is 0 Å². The van der Waals surface area contributed by atoms with Gasteiger partial charge in [-0.1, -0.05) is 32.3 Å². The van der Waals surface area contributed by atoms with Crippen LogP contribution in [0.1, 0.15) is 43.7 Å². The van der Waals surface area contributed by atoms with Crippen LogP contribution in [0.4, 0.5) is 0 Å². The van der Waals surface area contributed by atoms with E-state index < -0.39 is 5.97 Å². The minimum Gasteiger partial charge on any atom is -0.497 e. The van der Waals surface area contributed by atoms with Gasteiger partial charge in [0, 0.05) is 5.56 Å². The molecule has 0 atom stereocenters. The van der Waals surface area contributed by atoms with Gasteiger partial charge in [0.15, 0.2) is 17.2 Å². The van der Waals surface area contributed by atoms with Crippen molar-refractivity contribution in [3.63, 3.8) is 0 Å². The molecule has 6 nitrogen and oxygen atoms in total. The van der Waals surface area contributed by atoms with Gasteiger partial charge < -0.3 is 18.9 Å². The number of cyclic esters (lactones) is 1. The fourth-order valence-electron chi connectivity index (χ4n) is 3.03. The van der Waals surface area contributed by atoms with Crippen molar-refractivity contribution in [2.45, 2.75) is 32.6 Å². The molecule has 6 heteroatoms. The van der Waals surface area contributed by atoms with Crippen molar-refractivity contribution in [3.8, 4) is 17.2 Å². The number of carbonyl (C=O) groups is 1. The zero-order valence-corrected chi connectivity index (χ0v) is 17.6. The number of methoxy groups -OCH3 is 2. The summed E-state index contributed by atoms with van der Waals surface area (Å²) in [6, 6.07) is 12.7. The number of hydrogen-bond acceptors (Lipinski definition) is 6. The maximum atomic E-state index is 12.2. The monoisotopic (exact) mass is 409 g/mol. The van der Waals surface area contributed by atoms with Gasteiger partial charge in [-0.25, -0.2) is 9.79 Å². The van der Waals surface area contributed by atoms with Gasteiger partial charge in [0.2, 0.25) is 5.90 Å². The standard InChI is InChI=1S/C24H27NO5/c1-4-5-6-7-14-29-21-13-8-17(16-22(21)28-3)15-20-24(26)30-23(25-20)18-9-11-19(27-2)12-10-18/h8-13,15-16H,4-7,14H2,1-3H3/b20-15+. The van der Waals surface area contributed by atoms with Gasteiger partial charge in [0.1, 0.15) is 5.75 Å². The maximum Gasteiger partial charge on any atom is 0.363 e. The first-order valence-electron chi connectivity index (χ1n) is 10.1. The van der Waals surface area contributed by atoms with Crippen molar-refractivity contribution in [2.24, 2.45) is 4.99 Å². The fourth-order valence-corrected chi connectivity index (χ4v) is 3.03. The molecule has 1 aliphatic heterocycles. The van der Waals surface area contributed by atoms with Crippen LogP contribution in [0.3, 0.4) is 0 Å². The van der Waals surface area contributed by atoms with Crippen LogP contribution in [0, 0.1) is 0 Å². The zero-order valence-electron chi connectivity index (χ0n) is 17.6. The minimum atomic E-state index is -0.490. The number of nitrogens with zero attached hydrogens (tertiary/aromatic N) is 1. The number of aliphatic imine (C=N–C) groups is 1. The summed E-state index contributed by atoms with van der Waals surface area (Å²) in [5.74, 6) is 1.81. The third-order valence-electron chi connectivity index (χ3n) is 4.70. The third-order valence-corrected chi connectivity index (χ3v) is 4.70. The summed E-state index contributed by atoms with van der Waals surface area (Å²) >= 11 is 0. The van der Waals surface area contributed by atoms with Crippen molar-refractivity contribution < 1.29 is 23.7 Å². The molecular formula is C24H27NO5.